The van der Waals surface area contributed by atoms with E-state index >= 15 is 0 Å². The summed E-state index contributed by atoms with van der Waals surface area (Å²) >= 11 is 0. The number of nitrogens with one attached hydrogen (secondary N) is 2. The average Bonchev–Trinajstić information content (AvgIpc) is 2.61. The standard InChI is InChI=1S/C18H28N6O2.HI/c1-4-19-18(24-12-10-23(11-13-24)15(3)25)20-9-8-17(26)22-16-7-5-6-14(2)21-16;/h5-7H,4,8-13H2,1-3H3,(H,19,20)(H,21,22,26);1H. The lowest BCUT2D eigenvalue weighted by Gasteiger charge is -2.36. The Balaban J connectivity index is 0.00000364. The minimum atomic E-state index is -0.107. The number of carbonyl (C=O) groups is 2. The van der Waals surface area contributed by atoms with E-state index in [-0.39, 0.29) is 42.2 Å². The maximum atomic E-state index is 12.1. The highest BCUT2D eigenvalue weighted by Crippen LogP contribution is 2.05. The van der Waals surface area contributed by atoms with Crippen LogP contribution in [0.1, 0.15) is 26.0 Å². The summed E-state index contributed by atoms with van der Waals surface area (Å²) < 4.78 is 0. The quantitative estimate of drug-likeness (QED) is 0.372. The predicted octanol–water partition coefficient (Wildman–Crippen LogP) is 1.47. The van der Waals surface area contributed by atoms with E-state index < -0.39 is 0 Å². The zero-order valence-electron chi connectivity index (χ0n) is 16.2. The Hall–Kier alpha value is -1.91. The van der Waals surface area contributed by atoms with Crippen LogP contribution in [0.4, 0.5) is 5.82 Å². The van der Waals surface area contributed by atoms with Gasteiger partial charge in [0.2, 0.25) is 11.8 Å². The van der Waals surface area contributed by atoms with Gasteiger partial charge in [-0.15, -0.1) is 24.0 Å². The molecule has 2 amide bonds. The van der Waals surface area contributed by atoms with Crippen LogP contribution in [0.2, 0.25) is 0 Å². The molecule has 0 radical (unpaired) electrons. The average molecular weight is 488 g/mol. The van der Waals surface area contributed by atoms with Crippen molar-refractivity contribution in [2.45, 2.75) is 27.2 Å². The molecule has 2 N–H and O–H groups in total. The summed E-state index contributed by atoms with van der Waals surface area (Å²) in [6, 6.07) is 5.52. The van der Waals surface area contributed by atoms with Gasteiger partial charge in [-0.3, -0.25) is 14.6 Å². The van der Waals surface area contributed by atoms with Crippen molar-refractivity contribution in [3.8, 4) is 0 Å². The summed E-state index contributed by atoms with van der Waals surface area (Å²) in [5.74, 6) is 1.35. The fourth-order valence-corrected chi connectivity index (χ4v) is 2.74. The third-order valence-electron chi connectivity index (χ3n) is 4.12. The van der Waals surface area contributed by atoms with E-state index in [1.807, 2.05) is 30.9 Å². The molecule has 0 unspecified atom stereocenters. The first-order chi connectivity index (χ1) is 12.5. The van der Waals surface area contributed by atoms with Crippen LogP contribution in [0.15, 0.2) is 23.2 Å². The molecule has 1 aromatic heterocycles. The van der Waals surface area contributed by atoms with Crippen molar-refractivity contribution < 1.29 is 9.59 Å². The summed E-state index contributed by atoms with van der Waals surface area (Å²) in [4.78, 5) is 36.3. The largest absolute Gasteiger partial charge is 0.357 e. The third kappa shape index (κ3) is 7.69. The molecule has 2 rings (SSSR count). The van der Waals surface area contributed by atoms with E-state index in [1.165, 1.54) is 0 Å². The van der Waals surface area contributed by atoms with Crippen molar-refractivity contribution in [1.29, 1.82) is 0 Å². The van der Waals surface area contributed by atoms with Gasteiger partial charge in [-0.05, 0) is 26.0 Å². The molecule has 0 saturated carbocycles. The van der Waals surface area contributed by atoms with Crippen molar-refractivity contribution in [2.75, 3.05) is 44.6 Å². The number of aryl methyl sites for hydroxylation is 1. The maximum absolute atomic E-state index is 12.1. The molecule has 0 aromatic carbocycles. The van der Waals surface area contributed by atoms with Crippen molar-refractivity contribution in [2.24, 2.45) is 4.99 Å². The number of amides is 2. The molecule has 2 heterocycles. The van der Waals surface area contributed by atoms with Crippen LogP contribution in [0, 0.1) is 6.92 Å². The monoisotopic (exact) mass is 488 g/mol. The molecule has 8 nitrogen and oxygen atoms in total. The third-order valence-corrected chi connectivity index (χ3v) is 4.12. The summed E-state index contributed by atoms with van der Waals surface area (Å²) in [5, 5.41) is 6.04. The lowest BCUT2D eigenvalue weighted by atomic mass is 10.3. The number of halogens is 1. The molecule has 1 aromatic rings. The summed E-state index contributed by atoms with van der Waals surface area (Å²) in [5.41, 5.74) is 0.861. The number of piperazine rings is 1. The molecule has 9 heteroatoms. The van der Waals surface area contributed by atoms with Crippen LogP contribution in [0.5, 0.6) is 0 Å². The van der Waals surface area contributed by atoms with Gasteiger partial charge in [0.15, 0.2) is 5.96 Å². The van der Waals surface area contributed by atoms with E-state index in [9.17, 15) is 9.59 Å². The molecule has 27 heavy (non-hydrogen) atoms. The molecule has 0 bridgehead atoms. The molecular weight excluding hydrogens is 459 g/mol. The number of hydrogen-bond acceptors (Lipinski definition) is 4. The summed E-state index contributed by atoms with van der Waals surface area (Å²) in [7, 11) is 0. The van der Waals surface area contributed by atoms with E-state index in [4.69, 9.17) is 0 Å². The second-order valence-electron chi connectivity index (χ2n) is 6.19. The topological polar surface area (TPSA) is 89.9 Å². The number of aliphatic imine (C=N–C) groups is 1. The van der Waals surface area contributed by atoms with E-state index in [0.717, 1.165) is 31.3 Å². The van der Waals surface area contributed by atoms with Crippen LogP contribution in [0.25, 0.3) is 0 Å². The Bertz CT molecular complexity index is 659. The van der Waals surface area contributed by atoms with Gasteiger partial charge in [0.05, 0.1) is 6.54 Å². The van der Waals surface area contributed by atoms with Crippen LogP contribution in [0.3, 0.4) is 0 Å². The van der Waals surface area contributed by atoms with Crippen LogP contribution in [-0.2, 0) is 9.59 Å². The Labute approximate surface area is 177 Å². The zero-order chi connectivity index (χ0) is 18.9. The number of nitrogens with zero attached hydrogens (tertiary/aromatic N) is 4. The molecule has 0 aliphatic carbocycles. The number of hydrogen-bond donors (Lipinski definition) is 2. The summed E-state index contributed by atoms with van der Waals surface area (Å²) in [6.07, 6.45) is 0.290. The minimum absolute atomic E-state index is 0. The number of aromatic nitrogens is 1. The van der Waals surface area contributed by atoms with Crippen molar-refractivity contribution >= 4 is 47.6 Å². The van der Waals surface area contributed by atoms with Gasteiger partial charge in [0, 0.05) is 51.8 Å². The number of rotatable bonds is 5. The minimum Gasteiger partial charge on any atom is -0.357 e. The fraction of sp³-hybridized carbons (Fsp3) is 0.556. The van der Waals surface area contributed by atoms with Crippen LogP contribution in [-0.4, -0.2) is 71.8 Å². The number of pyridine rings is 1. The number of anilines is 1. The Kier molecular flexibility index (Phi) is 10.0. The second kappa shape index (κ2) is 11.7. The van der Waals surface area contributed by atoms with Gasteiger partial charge in [-0.1, -0.05) is 6.07 Å². The molecule has 0 atom stereocenters. The van der Waals surface area contributed by atoms with E-state index in [2.05, 4.69) is 25.5 Å². The normalized spacial score (nSPS) is 14.4. The Morgan fingerprint density at radius 3 is 2.44 bits per heavy atom. The van der Waals surface area contributed by atoms with Gasteiger partial charge in [-0.25, -0.2) is 4.98 Å². The highest BCUT2D eigenvalue weighted by Gasteiger charge is 2.20. The molecule has 1 aliphatic heterocycles. The first-order valence-corrected chi connectivity index (χ1v) is 9.02. The zero-order valence-corrected chi connectivity index (χ0v) is 18.5. The molecule has 1 aliphatic rings. The fourth-order valence-electron chi connectivity index (χ4n) is 2.74. The Morgan fingerprint density at radius 1 is 1.19 bits per heavy atom. The van der Waals surface area contributed by atoms with E-state index in [1.54, 1.807) is 13.0 Å². The highest BCUT2D eigenvalue weighted by molar-refractivity contribution is 14.0. The lowest BCUT2D eigenvalue weighted by molar-refractivity contribution is -0.130. The predicted molar refractivity (Wildman–Crippen MR) is 117 cm³/mol. The van der Waals surface area contributed by atoms with Gasteiger partial charge in [0.25, 0.3) is 0 Å². The lowest BCUT2D eigenvalue weighted by Crippen LogP contribution is -2.53. The van der Waals surface area contributed by atoms with Crippen LogP contribution >= 0.6 is 24.0 Å². The Morgan fingerprint density at radius 2 is 1.85 bits per heavy atom. The van der Waals surface area contributed by atoms with Gasteiger partial charge >= 0.3 is 0 Å². The maximum Gasteiger partial charge on any atom is 0.227 e. The highest BCUT2D eigenvalue weighted by atomic mass is 127. The number of guanidine groups is 1. The first-order valence-electron chi connectivity index (χ1n) is 9.02. The molecule has 1 fully saturated rings. The molecule has 1 saturated heterocycles. The summed E-state index contributed by atoms with van der Waals surface area (Å²) in [6.45, 7) is 9.51. The van der Waals surface area contributed by atoms with Crippen molar-refractivity contribution in [3.63, 3.8) is 0 Å². The molecule has 150 valence electrons. The second-order valence-corrected chi connectivity index (χ2v) is 6.19. The van der Waals surface area contributed by atoms with Crippen LogP contribution < -0.4 is 10.6 Å². The van der Waals surface area contributed by atoms with Gasteiger partial charge in [0.1, 0.15) is 5.82 Å². The molecular formula is C18H29IN6O2. The van der Waals surface area contributed by atoms with E-state index in [0.29, 0.717) is 25.5 Å². The van der Waals surface area contributed by atoms with Crippen molar-refractivity contribution in [1.82, 2.24) is 20.1 Å². The van der Waals surface area contributed by atoms with Crippen molar-refractivity contribution in [3.05, 3.63) is 23.9 Å². The van der Waals surface area contributed by atoms with Gasteiger partial charge in [-0.2, -0.15) is 0 Å². The van der Waals surface area contributed by atoms with Gasteiger partial charge < -0.3 is 20.4 Å². The SMILES string of the molecule is CCNC(=NCCC(=O)Nc1cccc(C)n1)N1CCN(C(C)=O)CC1.I. The molecule has 0 spiro atoms. The number of carbonyl (C=O) groups excluding carboxylic acids is 2. The first kappa shape index (κ1) is 23.1. The smallest absolute Gasteiger partial charge is 0.227 e.